The maximum absolute atomic E-state index is 12.3. The Bertz CT molecular complexity index is 812. The molecule has 1 heterocycles. The van der Waals surface area contributed by atoms with Gasteiger partial charge in [0, 0.05) is 11.0 Å². The zero-order valence-corrected chi connectivity index (χ0v) is 14.1. The van der Waals surface area contributed by atoms with E-state index in [9.17, 15) is 4.79 Å². The van der Waals surface area contributed by atoms with Gasteiger partial charge >= 0.3 is 0 Å². The Morgan fingerprint density at radius 2 is 1.83 bits per heavy atom. The molecule has 0 radical (unpaired) electrons. The maximum Gasteiger partial charge on any atom is 0.274 e. The number of benzene rings is 2. The summed E-state index contributed by atoms with van der Waals surface area (Å²) in [5.74, 6) is -0.227. The first-order valence-electron chi connectivity index (χ1n) is 7.15. The van der Waals surface area contributed by atoms with Gasteiger partial charge < -0.3 is 5.32 Å². The van der Waals surface area contributed by atoms with Crippen LogP contribution in [0.15, 0.2) is 59.1 Å². The van der Waals surface area contributed by atoms with Gasteiger partial charge in [0.15, 0.2) is 5.69 Å². The number of nitrogens with zero attached hydrogens (tertiary/aromatic N) is 3. The molecule has 0 aliphatic carbocycles. The van der Waals surface area contributed by atoms with E-state index in [1.54, 1.807) is 4.68 Å². The van der Waals surface area contributed by atoms with Crippen molar-refractivity contribution in [3.8, 4) is 5.69 Å². The molecule has 0 atom stereocenters. The van der Waals surface area contributed by atoms with Crippen LogP contribution in [0.3, 0.4) is 0 Å². The summed E-state index contributed by atoms with van der Waals surface area (Å²) in [4.78, 5) is 12.3. The van der Waals surface area contributed by atoms with E-state index in [0.29, 0.717) is 17.9 Å². The molecule has 6 heteroatoms. The van der Waals surface area contributed by atoms with Crippen LogP contribution in [0.25, 0.3) is 5.69 Å². The van der Waals surface area contributed by atoms with Crippen LogP contribution in [0, 0.1) is 6.92 Å². The van der Waals surface area contributed by atoms with Crippen LogP contribution in [0.1, 0.15) is 21.7 Å². The second-order valence-corrected chi connectivity index (χ2v) is 6.00. The number of carbonyl (C=O) groups is 1. The molecule has 1 aromatic heterocycles. The zero-order chi connectivity index (χ0) is 16.2. The fourth-order valence-corrected chi connectivity index (χ4v) is 2.49. The minimum absolute atomic E-state index is 0.227. The molecule has 116 valence electrons. The van der Waals surface area contributed by atoms with Gasteiger partial charge in [-0.3, -0.25) is 4.79 Å². The summed E-state index contributed by atoms with van der Waals surface area (Å²) in [6.07, 6.45) is 0. The molecule has 23 heavy (non-hydrogen) atoms. The Kier molecular flexibility index (Phi) is 4.52. The summed E-state index contributed by atoms with van der Waals surface area (Å²) in [6, 6.07) is 17.4. The van der Waals surface area contributed by atoms with Gasteiger partial charge in [0.2, 0.25) is 0 Å². The average Bonchev–Trinajstić information content (AvgIpc) is 2.96. The van der Waals surface area contributed by atoms with Crippen LogP contribution < -0.4 is 5.32 Å². The fraction of sp³-hybridized carbons (Fsp3) is 0.118. The minimum atomic E-state index is -0.227. The first-order valence-corrected chi connectivity index (χ1v) is 7.95. The molecular formula is C17H15BrN4O. The van der Waals surface area contributed by atoms with Crippen molar-refractivity contribution in [2.45, 2.75) is 13.5 Å². The van der Waals surface area contributed by atoms with Gasteiger partial charge in [-0.25, -0.2) is 4.68 Å². The van der Waals surface area contributed by atoms with Gasteiger partial charge in [0.1, 0.15) is 0 Å². The quantitative estimate of drug-likeness (QED) is 0.766. The number of carbonyl (C=O) groups excluding carboxylic acids is 1. The molecular weight excluding hydrogens is 356 g/mol. The highest BCUT2D eigenvalue weighted by Gasteiger charge is 2.17. The highest BCUT2D eigenvalue weighted by atomic mass is 79.9. The van der Waals surface area contributed by atoms with Gasteiger partial charge in [-0.15, -0.1) is 5.10 Å². The second-order valence-electron chi connectivity index (χ2n) is 5.08. The average molecular weight is 371 g/mol. The van der Waals surface area contributed by atoms with Gasteiger partial charge in [-0.1, -0.05) is 51.5 Å². The van der Waals surface area contributed by atoms with E-state index < -0.39 is 0 Å². The largest absolute Gasteiger partial charge is 0.347 e. The fourth-order valence-electron chi connectivity index (χ4n) is 2.23. The monoisotopic (exact) mass is 370 g/mol. The lowest BCUT2D eigenvalue weighted by Crippen LogP contribution is -2.24. The van der Waals surface area contributed by atoms with Crippen LogP contribution in [0.4, 0.5) is 0 Å². The smallest absolute Gasteiger partial charge is 0.274 e. The molecule has 0 bridgehead atoms. The maximum atomic E-state index is 12.3. The molecule has 0 spiro atoms. The predicted octanol–water partition coefficient (Wildman–Crippen LogP) is 3.27. The van der Waals surface area contributed by atoms with Crippen molar-refractivity contribution >= 4 is 21.8 Å². The van der Waals surface area contributed by atoms with Crippen molar-refractivity contribution in [3.63, 3.8) is 0 Å². The van der Waals surface area contributed by atoms with Crippen molar-refractivity contribution in [2.75, 3.05) is 0 Å². The number of rotatable bonds is 4. The third kappa shape index (κ3) is 3.48. The van der Waals surface area contributed by atoms with Crippen molar-refractivity contribution in [2.24, 2.45) is 0 Å². The molecule has 0 saturated heterocycles. The number of hydrogen-bond acceptors (Lipinski definition) is 3. The normalized spacial score (nSPS) is 10.5. The summed E-state index contributed by atoms with van der Waals surface area (Å²) >= 11 is 3.40. The van der Waals surface area contributed by atoms with E-state index in [0.717, 1.165) is 15.7 Å². The van der Waals surface area contributed by atoms with Crippen molar-refractivity contribution < 1.29 is 4.79 Å². The Labute approximate surface area is 142 Å². The van der Waals surface area contributed by atoms with Gasteiger partial charge in [0.25, 0.3) is 5.91 Å². The highest BCUT2D eigenvalue weighted by molar-refractivity contribution is 9.10. The van der Waals surface area contributed by atoms with E-state index >= 15 is 0 Å². The Hall–Kier alpha value is -2.47. The third-order valence-electron chi connectivity index (χ3n) is 3.48. The molecule has 0 unspecified atom stereocenters. The molecule has 1 N–H and O–H groups in total. The topological polar surface area (TPSA) is 59.8 Å². The van der Waals surface area contributed by atoms with Crippen LogP contribution in [-0.2, 0) is 6.54 Å². The minimum Gasteiger partial charge on any atom is -0.347 e. The van der Waals surface area contributed by atoms with Crippen LogP contribution in [-0.4, -0.2) is 20.9 Å². The van der Waals surface area contributed by atoms with E-state index in [2.05, 4.69) is 31.6 Å². The van der Waals surface area contributed by atoms with Crippen molar-refractivity contribution in [3.05, 3.63) is 76.0 Å². The number of nitrogens with one attached hydrogen (secondary N) is 1. The summed E-state index contributed by atoms with van der Waals surface area (Å²) < 4.78 is 2.64. The van der Waals surface area contributed by atoms with E-state index in [-0.39, 0.29) is 5.91 Å². The molecule has 5 nitrogen and oxygen atoms in total. The molecule has 3 aromatic rings. The van der Waals surface area contributed by atoms with Crippen LogP contribution >= 0.6 is 15.9 Å². The van der Waals surface area contributed by atoms with Crippen molar-refractivity contribution in [1.82, 2.24) is 20.3 Å². The lowest BCUT2D eigenvalue weighted by Gasteiger charge is -2.05. The van der Waals surface area contributed by atoms with E-state index in [1.165, 1.54) is 0 Å². The first kappa shape index (κ1) is 15.4. The van der Waals surface area contributed by atoms with Gasteiger partial charge in [-0.05, 0) is 36.8 Å². The molecule has 0 saturated carbocycles. The number of halogens is 1. The molecule has 3 rings (SSSR count). The lowest BCUT2D eigenvalue weighted by atomic mass is 10.2. The molecule has 0 aliphatic rings. The zero-order valence-electron chi connectivity index (χ0n) is 12.5. The Balaban J connectivity index is 1.76. The van der Waals surface area contributed by atoms with Crippen molar-refractivity contribution in [1.29, 1.82) is 0 Å². The number of hydrogen-bond donors (Lipinski definition) is 1. The lowest BCUT2D eigenvalue weighted by molar-refractivity contribution is 0.0945. The van der Waals surface area contributed by atoms with E-state index in [4.69, 9.17) is 0 Å². The van der Waals surface area contributed by atoms with Crippen LogP contribution in [0.5, 0.6) is 0 Å². The molecule has 1 amide bonds. The summed E-state index contributed by atoms with van der Waals surface area (Å²) in [6.45, 7) is 2.30. The van der Waals surface area contributed by atoms with Gasteiger partial charge in [-0.2, -0.15) is 0 Å². The Morgan fingerprint density at radius 3 is 2.52 bits per heavy atom. The summed E-state index contributed by atoms with van der Waals surface area (Å²) in [5.41, 5.74) is 2.95. The van der Waals surface area contributed by atoms with Gasteiger partial charge in [0.05, 0.1) is 11.4 Å². The van der Waals surface area contributed by atoms with E-state index in [1.807, 2.05) is 61.5 Å². The summed E-state index contributed by atoms with van der Waals surface area (Å²) in [5, 5.41) is 11.0. The highest BCUT2D eigenvalue weighted by Crippen LogP contribution is 2.16. The third-order valence-corrected chi connectivity index (χ3v) is 4.01. The standard InChI is InChI=1S/C17H15BrN4O/c1-12-16(17(23)19-11-13-5-3-2-4-6-13)20-21-22(12)15-9-7-14(18)8-10-15/h2-10H,11H2,1H3,(H,19,23). The first-order chi connectivity index (χ1) is 11.1. The van der Waals surface area contributed by atoms with Crippen LogP contribution in [0.2, 0.25) is 0 Å². The SMILES string of the molecule is Cc1c(C(=O)NCc2ccccc2)nnn1-c1ccc(Br)cc1. The summed E-state index contributed by atoms with van der Waals surface area (Å²) in [7, 11) is 0. The molecule has 2 aromatic carbocycles. The molecule has 0 fully saturated rings. The predicted molar refractivity (Wildman–Crippen MR) is 91.4 cm³/mol. The number of amides is 1. The Morgan fingerprint density at radius 1 is 1.13 bits per heavy atom. The molecule has 0 aliphatic heterocycles. The number of aromatic nitrogens is 3. The second kappa shape index (κ2) is 6.75.